The number of hydrogen-bond acceptors (Lipinski definition) is 2. The predicted octanol–water partition coefficient (Wildman–Crippen LogP) is 2.96. The fraction of sp³-hybridized carbons (Fsp3) is 0.231. The van der Waals surface area contributed by atoms with E-state index in [-0.39, 0.29) is 0 Å². The second-order valence-corrected chi connectivity index (χ2v) is 3.83. The molecule has 0 spiro atoms. The van der Waals surface area contributed by atoms with E-state index < -0.39 is 0 Å². The Labute approximate surface area is 89.9 Å². The average Bonchev–Trinajstić information content (AvgIpc) is 2.22. The summed E-state index contributed by atoms with van der Waals surface area (Å²) in [5.41, 5.74) is 14.9. The van der Waals surface area contributed by atoms with Gasteiger partial charge in [0.15, 0.2) is 0 Å². The summed E-state index contributed by atoms with van der Waals surface area (Å²) in [7, 11) is 0. The Bertz CT molecular complexity index is 489. The fourth-order valence-corrected chi connectivity index (χ4v) is 1.97. The van der Waals surface area contributed by atoms with Crippen molar-refractivity contribution in [3.8, 4) is 0 Å². The lowest BCUT2D eigenvalue weighted by molar-refractivity contribution is 0.926. The molecule has 0 aliphatic heterocycles. The first-order chi connectivity index (χ1) is 7.24. The van der Waals surface area contributed by atoms with Crippen molar-refractivity contribution in [1.82, 2.24) is 0 Å². The van der Waals surface area contributed by atoms with E-state index in [4.69, 9.17) is 11.5 Å². The molecule has 0 heterocycles. The molecule has 0 aromatic heterocycles. The van der Waals surface area contributed by atoms with Gasteiger partial charge in [-0.25, -0.2) is 0 Å². The molecule has 0 radical (unpaired) electrons. The van der Waals surface area contributed by atoms with Crippen LogP contribution in [0.4, 0.5) is 11.4 Å². The van der Waals surface area contributed by atoms with Gasteiger partial charge in [-0.15, -0.1) is 0 Å². The van der Waals surface area contributed by atoms with E-state index in [2.05, 4.69) is 19.1 Å². The van der Waals surface area contributed by atoms with Crippen molar-refractivity contribution in [2.75, 3.05) is 11.5 Å². The molecule has 0 fully saturated rings. The van der Waals surface area contributed by atoms with E-state index in [9.17, 15) is 0 Å². The van der Waals surface area contributed by atoms with Gasteiger partial charge in [-0.3, -0.25) is 0 Å². The molecule has 0 saturated carbocycles. The zero-order chi connectivity index (χ0) is 10.8. The molecule has 2 aromatic rings. The highest BCUT2D eigenvalue weighted by molar-refractivity contribution is 6.02. The van der Waals surface area contributed by atoms with Gasteiger partial charge in [0, 0.05) is 16.8 Å². The molecule has 2 nitrogen and oxygen atoms in total. The molecule has 0 bridgehead atoms. The molecule has 0 unspecified atom stereocenters. The van der Waals surface area contributed by atoms with Gasteiger partial charge < -0.3 is 11.5 Å². The van der Waals surface area contributed by atoms with Crippen LogP contribution in [0.1, 0.15) is 18.9 Å². The van der Waals surface area contributed by atoms with Crippen molar-refractivity contribution < 1.29 is 0 Å². The van der Waals surface area contributed by atoms with Crippen molar-refractivity contribution in [2.45, 2.75) is 19.8 Å². The second kappa shape index (κ2) is 3.81. The van der Waals surface area contributed by atoms with Crippen LogP contribution in [0.25, 0.3) is 10.8 Å². The number of fused-ring (bicyclic) bond motifs is 1. The van der Waals surface area contributed by atoms with Crippen LogP contribution in [-0.2, 0) is 6.42 Å². The number of aryl methyl sites for hydroxylation is 1. The quantitative estimate of drug-likeness (QED) is 0.732. The molecule has 2 rings (SSSR count). The van der Waals surface area contributed by atoms with Gasteiger partial charge >= 0.3 is 0 Å². The largest absolute Gasteiger partial charge is 0.398 e. The van der Waals surface area contributed by atoms with Gasteiger partial charge in [0.05, 0.1) is 0 Å². The fourth-order valence-electron chi connectivity index (χ4n) is 1.97. The lowest BCUT2D eigenvalue weighted by atomic mass is 10.0. The molecule has 4 N–H and O–H groups in total. The lowest BCUT2D eigenvalue weighted by Crippen LogP contribution is -1.98. The molecule has 0 aliphatic rings. The normalized spacial score (nSPS) is 10.7. The minimum absolute atomic E-state index is 0.767. The molecule has 0 aliphatic carbocycles. The van der Waals surface area contributed by atoms with E-state index >= 15 is 0 Å². The Morgan fingerprint density at radius 1 is 1.07 bits per heavy atom. The van der Waals surface area contributed by atoms with Crippen LogP contribution in [0, 0.1) is 0 Å². The Balaban J connectivity index is 2.71. The van der Waals surface area contributed by atoms with Crippen molar-refractivity contribution in [3.63, 3.8) is 0 Å². The SMILES string of the molecule is CCCc1ccc2cccc(N)c2c1N. The molecule has 15 heavy (non-hydrogen) atoms. The maximum atomic E-state index is 6.13. The highest BCUT2D eigenvalue weighted by Crippen LogP contribution is 2.30. The Morgan fingerprint density at radius 3 is 2.60 bits per heavy atom. The highest BCUT2D eigenvalue weighted by Gasteiger charge is 2.05. The molecule has 2 aromatic carbocycles. The lowest BCUT2D eigenvalue weighted by Gasteiger charge is -2.10. The number of nitrogens with two attached hydrogens (primary N) is 2. The highest BCUT2D eigenvalue weighted by atomic mass is 14.6. The van der Waals surface area contributed by atoms with Gasteiger partial charge in [-0.2, -0.15) is 0 Å². The maximum absolute atomic E-state index is 6.13. The molecule has 0 atom stereocenters. The Kier molecular flexibility index (Phi) is 2.50. The summed E-state index contributed by atoms with van der Waals surface area (Å²) in [6.45, 7) is 2.15. The van der Waals surface area contributed by atoms with E-state index in [1.54, 1.807) is 0 Å². The van der Waals surface area contributed by atoms with Crippen LogP contribution in [0.5, 0.6) is 0 Å². The van der Waals surface area contributed by atoms with E-state index in [1.165, 1.54) is 5.56 Å². The van der Waals surface area contributed by atoms with Gasteiger partial charge in [-0.05, 0) is 23.4 Å². The topological polar surface area (TPSA) is 52.0 Å². The molecular formula is C13H16N2. The minimum atomic E-state index is 0.767. The van der Waals surface area contributed by atoms with Gasteiger partial charge in [0.1, 0.15) is 0 Å². The number of benzene rings is 2. The summed E-state index contributed by atoms with van der Waals surface area (Å²) >= 11 is 0. The third kappa shape index (κ3) is 1.63. The number of anilines is 2. The zero-order valence-electron chi connectivity index (χ0n) is 8.96. The minimum Gasteiger partial charge on any atom is -0.398 e. The van der Waals surface area contributed by atoms with Crippen LogP contribution >= 0.6 is 0 Å². The summed E-state index contributed by atoms with van der Waals surface area (Å²) in [6, 6.07) is 10.1. The van der Waals surface area contributed by atoms with E-state index in [0.29, 0.717) is 0 Å². The maximum Gasteiger partial charge on any atom is 0.0447 e. The summed E-state index contributed by atoms with van der Waals surface area (Å²) in [4.78, 5) is 0. The Morgan fingerprint density at radius 2 is 1.87 bits per heavy atom. The third-order valence-corrected chi connectivity index (χ3v) is 2.73. The standard InChI is InChI=1S/C13H16N2/c1-2-4-10-8-7-9-5-3-6-11(14)12(9)13(10)15/h3,5-8H,2,4,14-15H2,1H3. The zero-order valence-corrected chi connectivity index (χ0v) is 8.96. The van der Waals surface area contributed by atoms with Crippen LogP contribution in [-0.4, -0.2) is 0 Å². The smallest absolute Gasteiger partial charge is 0.0447 e. The molecule has 0 saturated heterocycles. The van der Waals surface area contributed by atoms with Crippen molar-refractivity contribution >= 4 is 22.1 Å². The molecule has 78 valence electrons. The van der Waals surface area contributed by atoms with E-state index in [0.717, 1.165) is 35.0 Å². The first-order valence-electron chi connectivity index (χ1n) is 5.29. The first kappa shape index (κ1) is 9.84. The van der Waals surface area contributed by atoms with E-state index in [1.807, 2.05) is 18.2 Å². The molecule has 0 amide bonds. The van der Waals surface area contributed by atoms with Gasteiger partial charge in [-0.1, -0.05) is 37.6 Å². The summed E-state index contributed by atoms with van der Waals surface area (Å²) in [5, 5.41) is 2.12. The van der Waals surface area contributed by atoms with Crippen LogP contribution in [0.3, 0.4) is 0 Å². The first-order valence-corrected chi connectivity index (χ1v) is 5.29. The monoisotopic (exact) mass is 200 g/mol. The van der Waals surface area contributed by atoms with Crippen molar-refractivity contribution in [2.24, 2.45) is 0 Å². The van der Waals surface area contributed by atoms with Crippen LogP contribution < -0.4 is 11.5 Å². The van der Waals surface area contributed by atoms with Crippen LogP contribution in [0.15, 0.2) is 30.3 Å². The van der Waals surface area contributed by atoms with Crippen molar-refractivity contribution in [3.05, 3.63) is 35.9 Å². The summed E-state index contributed by atoms with van der Waals surface area (Å²) in [5.74, 6) is 0. The van der Waals surface area contributed by atoms with Gasteiger partial charge in [0.25, 0.3) is 0 Å². The molecular weight excluding hydrogens is 184 g/mol. The molecule has 2 heteroatoms. The predicted molar refractivity (Wildman–Crippen MR) is 66.8 cm³/mol. The number of hydrogen-bond donors (Lipinski definition) is 2. The van der Waals surface area contributed by atoms with Crippen LogP contribution in [0.2, 0.25) is 0 Å². The second-order valence-electron chi connectivity index (χ2n) is 3.83. The van der Waals surface area contributed by atoms with Crippen molar-refractivity contribution in [1.29, 1.82) is 0 Å². The number of nitrogen functional groups attached to an aromatic ring is 2. The number of rotatable bonds is 2. The Hall–Kier alpha value is -1.70. The third-order valence-electron chi connectivity index (χ3n) is 2.73. The average molecular weight is 200 g/mol. The van der Waals surface area contributed by atoms with Gasteiger partial charge in [0.2, 0.25) is 0 Å². The summed E-state index contributed by atoms with van der Waals surface area (Å²) < 4.78 is 0. The summed E-state index contributed by atoms with van der Waals surface area (Å²) in [6.07, 6.45) is 2.11.